The van der Waals surface area contributed by atoms with Crippen molar-refractivity contribution in [1.82, 2.24) is 5.32 Å². The van der Waals surface area contributed by atoms with E-state index in [2.05, 4.69) is 43.4 Å². The van der Waals surface area contributed by atoms with Gasteiger partial charge < -0.3 is 10.1 Å². The molecule has 1 heterocycles. The van der Waals surface area contributed by atoms with Gasteiger partial charge in [-0.1, -0.05) is 30.3 Å². The van der Waals surface area contributed by atoms with Gasteiger partial charge in [0, 0.05) is 12.6 Å². The highest BCUT2D eigenvalue weighted by Gasteiger charge is 2.36. The average molecular weight is 191 g/mol. The summed E-state index contributed by atoms with van der Waals surface area (Å²) in [6.45, 7) is 6.06. The van der Waals surface area contributed by atoms with Crippen molar-refractivity contribution in [2.24, 2.45) is 0 Å². The first-order valence-corrected chi connectivity index (χ1v) is 5.16. The molecule has 1 N–H and O–H groups in total. The summed E-state index contributed by atoms with van der Waals surface area (Å²) in [6.07, 6.45) is 0. The Morgan fingerprint density at radius 2 is 2.07 bits per heavy atom. The number of rotatable bonds is 1. The van der Waals surface area contributed by atoms with E-state index in [0.29, 0.717) is 6.04 Å². The molecule has 2 heteroatoms. The Labute approximate surface area is 85.3 Å². The van der Waals surface area contributed by atoms with E-state index < -0.39 is 0 Å². The first kappa shape index (κ1) is 9.69. The molecule has 0 saturated carbocycles. The van der Waals surface area contributed by atoms with E-state index in [9.17, 15) is 0 Å². The zero-order valence-corrected chi connectivity index (χ0v) is 8.79. The smallest absolute Gasteiger partial charge is 0.105 e. The van der Waals surface area contributed by atoms with E-state index in [1.807, 2.05) is 6.07 Å². The molecule has 2 atom stereocenters. The van der Waals surface area contributed by atoms with Crippen LogP contribution in [0.3, 0.4) is 0 Å². The van der Waals surface area contributed by atoms with Gasteiger partial charge in [0.2, 0.25) is 0 Å². The normalized spacial score (nSPS) is 32.9. The number of nitrogens with one attached hydrogen (secondary N) is 1. The first-order valence-electron chi connectivity index (χ1n) is 5.16. The van der Waals surface area contributed by atoms with Crippen LogP contribution in [0.2, 0.25) is 0 Å². The van der Waals surface area contributed by atoms with Crippen LogP contribution in [-0.2, 0) is 10.3 Å². The molecule has 76 valence electrons. The lowest BCUT2D eigenvalue weighted by Gasteiger charge is -2.40. The van der Waals surface area contributed by atoms with Gasteiger partial charge in [-0.05, 0) is 19.4 Å². The van der Waals surface area contributed by atoms with Gasteiger partial charge in [-0.2, -0.15) is 0 Å². The second kappa shape index (κ2) is 3.71. The first-order chi connectivity index (χ1) is 6.73. The minimum absolute atomic E-state index is 0.181. The zero-order valence-electron chi connectivity index (χ0n) is 8.79. The molecule has 2 nitrogen and oxygen atoms in total. The lowest BCUT2D eigenvalue weighted by atomic mass is 9.88. The van der Waals surface area contributed by atoms with Gasteiger partial charge in [0.05, 0.1) is 6.61 Å². The van der Waals surface area contributed by atoms with Crippen LogP contribution in [0, 0.1) is 0 Å². The molecule has 1 saturated heterocycles. The van der Waals surface area contributed by atoms with Crippen LogP contribution < -0.4 is 5.32 Å². The summed E-state index contributed by atoms with van der Waals surface area (Å²) in [6, 6.07) is 10.8. The minimum Gasteiger partial charge on any atom is -0.368 e. The Morgan fingerprint density at radius 3 is 2.71 bits per heavy atom. The van der Waals surface area contributed by atoms with Crippen LogP contribution in [-0.4, -0.2) is 19.2 Å². The SMILES string of the molecule is CC1NCCOC1(C)c1ccccc1. The molecule has 0 spiro atoms. The van der Waals surface area contributed by atoms with Crippen LogP contribution in [0.4, 0.5) is 0 Å². The molecule has 0 bridgehead atoms. The Morgan fingerprint density at radius 1 is 1.36 bits per heavy atom. The molecular weight excluding hydrogens is 174 g/mol. The summed E-state index contributed by atoms with van der Waals surface area (Å²) < 4.78 is 5.90. The predicted molar refractivity (Wildman–Crippen MR) is 57.2 cm³/mol. The topological polar surface area (TPSA) is 21.3 Å². The molecular formula is C12H17NO. The number of ether oxygens (including phenoxy) is 1. The van der Waals surface area contributed by atoms with Crippen molar-refractivity contribution < 1.29 is 4.74 Å². The number of morpholine rings is 1. The molecule has 2 unspecified atom stereocenters. The van der Waals surface area contributed by atoms with Crippen LogP contribution >= 0.6 is 0 Å². The van der Waals surface area contributed by atoms with E-state index in [0.717, 1.165) is 13.2 Å². The third-order valence-corrected chi connectivity index (χ3v) is 3.13. The van der Waals surface area contributed by atoms with Gasteiger partial charge >= 0.3 is 0 Å². The van der Waals surface area contributed by atoms with Crippen molar-refractivity contribution in [3.8, 4) is 0 Å². The Hall–Kier alpha value is -0.860. The van der Waals surface area contributed by atoms with Gasteiger partial charge in [0.25, 0.3) is 0 Å². The average Bonchev–Trinajstić information content (AvgIpc) is 2.24. The highest BCUT2D eigenvalue weighted by atomic mass is 16.5. The van der Waals surface area contributed by atoms with Gasteiger partial charge in [-0.25, -0.2) is 0 Å². The lowest BCUT2D eigenvalue weighted by molar-refractivity contribution is -0.0850. The maximum atomic E-state index is 5.90. The minimum atomic E-state index is -0.181. The highest BCUT2D eigenvalue weighted by molar-refractivity contribution is 5.24. The van der Waals surface area contributed by atoms with Crippen molar-refractivity contribution in [3.63, 3.8) is 0 Å². The van der Waals surface area contributed by atoms with E-state index in [1.165, 1.54) is 5.56 Å². The van der Waals surface area contributed by atoms with E-state index in [1.54, 1.807) is 0 Å². The Balaban J connectivity index is 2.30. The summed E-state index contributed by atoms with van der Waals surface area (Å²) in [7, 11) is 0. The number of hydrogen-bond acceptors (Lipinski definition) is 2. The zero-order chi connectivity index (χ0) is 10.0. The quantitative estimate of drug-likeness (QED) is 0.732. The van der Waals surface area contributed by atoms with Crippen molar-refractivity contribution in [2.45, 2.75) is 25.5 Å². The molecule has 1 fully saturated rings. The Bertz CT molecular complexity index is 298. The molecule has 1 aliphatic rings. The van der Waals surface area contributed by atoms with E-state index in [-0.39, 0.29) is 5.60 Å². The lowest BCUT2D eigenvalue weighted by Crippen LogP contribution is -2.52. The van der Waals surface area contributed by atoms with Gasteiger partial charge in [-0.3, -0.25) is 0 Å². The molecule has 2 rings (SSSR count). The number of hydrogen-bond donors (Lipinski definition) is 1. The van der Waals surface area contributed by atoms with Gasteiger partial charge in [-0.15, -0.1) is 0 Å². The second-order valence-electron chi connectivity index (χ2n) is 4.00. The van der Waals surface area contributed by atoms with Crippen molar-refractivity contribution >= 4 is 0 Å². The Kier molecular flexibility index (Phi) is 2.57. The summed E-state index contributed by atoms with van der Waals surface area (Å²) in [5, 5.41) is 3.45. The van der Waals surface area contributed by atoms with Crippen LogP contribution in [0.1, 0.15) is 19.4 Å². The molecule has 1 aromatic carbocycles. The predicted octanol–water partition coefficient (Wildman–Crippen LogP) is 1.91. The van der Waals surface area contributed by atoms with Crippen molar-refractivity contribution in [3.05, 3.63) is 35.9 Å². The number of benzene rings is 1. The fourth-order valence-corrected chi connectivity index (χ4v) is 1.96. The summed E-state index contributed by atoms with van der Waals surface area (Å²) in [4.78, 5) is 0. The fraction of sp³-hybridized carbons (Fsp3) is 0.500. The maximum absolute atomic E-state index is 5.90. The third kappa shape index (κ3) is 1.56. The summed E-state index contributed by atoms with van der Waals surface area (Å²) >= 11 is 0. The second-order valence-corrected chi connectivity index (χ2v) is 4.00. The van der Waals surface area contributed by atoms with Crippen LogP contribution in [0.5, 0.6) is 0 Å². The fourth-order valence-electron chi connectivity index (χ4n) is 1.96. The van der Waals surface area contributed by atoms with E-state index in [4.69, 9.17) is 4.74 Å². The van der Waals surface area contributed by atoms with Crippen LogP contribution in [0.15, 0.2) is 30.3 Å². The van der Waals surface area contributed by atoms with Crippen molar-refractivity contribution in [2.75, 3.05) is 13.2 Å². The molecule has 1 aromatic rings. The van der Waals surface area contributed by atoms with E-state index >= 15 is 0 Å². The molecule has 0 aliphatic carbocycles. The summed E-state index contributed by atoms with van der Waals surface area (Å²) in [5.41, 5.74) is 1.07. The molecule has 0 aromatic heterocycles. The van der Waals surface area contributed by atoms with Gasteiger partial charge in [0.15, 0.2) is 0 Å². The highest BCUT2D eigenvalue weighted by Crippen LogP contribution is 2.30. The maximum Gasteiger partial charge on any atom is 0.105 e. The molecule has 0 radical (unpaired) electrons. The van der Waals surface area contributed by atoms with Gasteiger partial charge in [0.1, 0.15) is 5.60 Å². The largest absolute Gasteiger partial charge is 0.368 e. The van der Waals surface area contributed by atoms with Crippen molar-refractivity contribution in [1.29, 1.82) is 0 Å². The monoisotopic (exact) mass is 191 g/mol. The summed E-state index contributed by atoms with van der Waals surface area (Å²) in [5.74, 6) is 0. The standard InChI is InChI=1S/C12H17NO/c1-10-12(2,14-9-8-13-10)11-6-4-3-5-7-11/h3-7,10,13H,8-9H2,1-2H3. The third-order valence-electron chi connectivity index (χ3n) is 3.13. The molecule has 1 aliphatic heterocycles. The molecule has 0 amide bonds. The van der Waals surface area contributed by atoms with Crippen LogP contribution in [0.25, 0.3) is 0 Å². The molecule has 14 heavy (non-hydrogen) atoms.